The van der Waals surface area contributed by atoms with Gasteiger partial charge in [0.05, 0.1) is 28.6 Å². The molecule has 0 aliphatic carbocycles. The minimum atomic E-state index is -0.552. The highest BCUT2D eigenvalue weighted by molar-refractivity contribution is 5.82. The Labute approximate surface area is 384 Å². The van der Waals surface area contributed by atoms with E-state index in [-0.39, 0.29) is 35.5 Å². The lowest BCUT2D eigenvalue weighted by atomic mass is 9.99. The van der Waals surface area contributed by atoms with Gasteiger partial charge >= 0.3 is 17.9 Å². The largest absolute Gasteiger partial charge is 0.444 e. The van der Waals surface area contributed by atoms with Gasteiger partial charge in [-0.2, -0.15) is 10.2 Å². The van der Waals surface area contributed by atoms with Gasteiger partial charge in [-0.1, -0.05) is 26.0 Å². The molecular weight excluding hydrogens is 845 g/mol. The molecule has 350 valence electrons. The van der Waals surface area contributed by atoms with Crippen LogP contribution in [0.1, 0.15) is 91.2 Å². The minimum absolute atomic E-state index is 0.149. The highest BCUT2D eigenvalue weighted by atomic mass is 16.6. The molecule has 66 heavy (non-hydrogen) atoms. The minimum Gasteiger partial charge on any atom is -0.444 e. The predicted molar refractivity (Wildman–Crippen MR) is 253 cm³/mol. The summed E-state index contributed by atoms with van der Waals surface area (Å²) in [5, 5.41) is 20.1. The van der Waals surface area contributed by atoms with Gasteiger partial charge in [0, 0.05) is 81.1 Å². The average molecular weight is 905 g/mol. The molecule has 0 fully saturated rings. The normalized spacial score (nSPS) is 12.3. The van der Waals surface area contributed by atoms with Crippen molar-refractivity contribution in [2.45, 2.75) is 91.3 Å². The van der Waals surface area contributed by atoms with Crippen LogP contribution in [0.4, 0.5) is 32.6 Å². The summed E-state index contributed by atoms with van der Waals surface area (Å²) in [6.45, 7) is 16.4. The van der Waals surface area contributed by atoms with Crippen molar-refractivity contribution in [2.75, 3.05) is 44.4 Å². The van der Waals surface area contributed by atoms with Crippen molar-refractivity contribution >= 4 is 35.2 Å². The molecule has 0 aliphatic heterocycles. The van der Waals surface area contributed by atoms with Crippen molar-refractivity contribution in [3.63, 3.8) is 0 Å². The lowest BCUT2D eigenvalue weighted by Crippen LogP contribution is -2.35. The van der Waals surface area contributed by atoms with Gasteiger partial charge in [0.2, 0.25) is 5.82 Å². The van der Waals surface area contributed by atoms with Crippen LogP contribution in [0.3, 0.4) is 0 Å². The third-order valence-corrected chi connectivity index (χ3v) is 10.3. The molecule has 20 heteroatoms. The first kappa shape index (κ1) is 49.4. The van der Waals surface area contributed by atoms with E-state index in [0.717, 1.165) is 35.1 Å². The van der Waals surface area contributed by atoms with Crippen LogP contribution in [0.5, 0.6) is 0 Å². The second-order valence-corrected chi connectivity index (χ2v) is 17.9. The first-order valence-electron chi connectivity index (χ1n) is 21.3. The quantitative estimate of drug-likeness (QED) is 0.0731. The highest BCUT2D eigenvalue weighted by Crippen LogP contribution is 2.33. The zero-order valence-electron chi connectivity index (χ0n) is 39.2. The van der Waals surface area contributed by atoms with Crippen molar-refractivity contribution in [3.05, 3.63) is 107 Å². The van der Waals surface area contributed by atoms with Gasteiger partial charge in [-0.25, -0.2) is 38.9 Å². The molecule has 2 atom stereocenters. The van der Waals surface area contributed by atoms with E-state index >= 15 is 0 Å². The van der Waals surface area contributed by atoms with Crippen LogP contribution >= 0.6 is 0 Å². The third kappa shape index (κ3) is 13.2. The van der Waals surface area contributed by atoms with Crippen LogP contribution in [0.15, 0.2) is 86.0 Å². The van der Waals surface area contributed by atoms with Crippen LogP contribution in [0.2, 0.25) is 0 Å². The summed E-state index contributed by atoms with van der Waals surface area (Å²) in [5.41, 5.74) is 21.3. The van der Waals surface area contributed by atoms with Crippen molar-refractivity contribution in [1.82, 2.24) is 49.3 Å². The predicted octanol–water partition coefficient (Wildman–Crippen LogP) is 8.03. The van der Waals surface area contributed by atoms with Crippen LogP contribution < -0.4 is 17.2 Å². The molecule has 0 spiro atoms. The van der Waals surface area contributed by atoms with E-state index in [4.69, 9.17) is 26.7 Å². The number of anilines is 3. The van der Waals surface area contributed by atoms with Gasteiger partial charge in [0.15, 0.2) is 11.6 Å². The van der Waals surface area contributed by atoms with E-state index < -0.39 is 16.1 Å². The molecule has 6 aromatic heterocycles. The zero-order chi connectivity index (χ0) is 48.5. The van der Waals surface area contributed by atoms with E-state index in [1.54, 1.807) is 64.1 Å². The summed E-state index contributed by atoms with van der Waals surface area (Å²) in [6, 6.07) is 11.1. The van der Waals surface area contributed by atoms with Crippen molar-refractivity contribution in [2.24, 2.45) is 0 Å². The molecule has 0 aromatic carbocycles. The monoisotopic (exact) mass is 904 g/mol. The summed E-state index contributed by atoms with van der Waals surface area (Å²) >= 11 is 0. The zero-order valence-corrected chi connectivity index (χ0v) is 39.2. The van der Waals surface area contributed by atoms with E-state index in [2.05, 4.69) is 44.0 Å². The SMILES string of the molecule is CC(CCN(C)C(=O)OC(C)(C)C)c1ccc(-n2cc(-c3ccnc(N)c3N)cn2)nc1.CC(CCN(C)C(=O)OC(C)(C)C)c1ccc(-n2cc(-c3ccnc(N)c3[N+](=O)[O-])cn2)nc1. The smallest absolute Gasteiger partial charge is 0.410 e. The lowest BCUT2D eigenvalue weighted by Gasteiger charge is -2.25. The van der Waals surface area contributed by atoms with Crippen LogP contribution in [0, 0.1) is 10.1 Å². The first-order chi connectivity index (χ1) is 31.0. The molecule has 2 unspecified atom stereocenters. The maximum absolute atomic E-state index is 12.1. The average Bonchev–Trinajstić information content (AvgIpc) is 3.96. The number of nitrogen functional groups attached to an aromatic ring is 3. The number of pyridine rings is 4. The second-order valence-electron chi connectivity index (χ2n) is 17.9. The van der Waals surface area contributed by atoms with E-state index in [0.29, 0.717) is 47.4 Å². The maximum Gasteiger partial charge on any atom is 0.410 e. The number of carbonyl (C=O) groups excluding carboxylic acids is 2. The summed E-state index contributed by atoms with van der Waals surface area (Å²) < 4.78 is 14.0. The third-order valence-electron chi connectivity index (χ3n) is 10.3. The molecule has 2 amide bonds. The number of nitrogens with two attached hydrogens (primary N) is 3. The number of nitrogens with zero attached hydrogens (tertiary/aromatic N) is 11. The molecule has 0 saturated carbocycles. The molecular formula is C46H60N14O6. The number of nitro groups is 1. The maximum atomic E-state index is 12.1. The van der Waals surface area contributed by atoms with Crippen molar-refractivity contribution < 1.29 is 24.0 Å². The lowest BCUT2D eigenvalue weighted by molar-refractivity contribution is -0.383. The Bertz CT molecular complexity index is 2600. The fraction of sp³-hybridized carbons (Fsp3) is 0.391. The van der Waals surface area contributed by atoms with Gasteiger partial charge in [0.1, 0.15) is 17.0 Å². The van der Waals surface area contributed by atoms with Crippen LogP contribution in [-0.4, -0.2) is 105 Å². The Morgan fingerprint density at radius 3 is 1.50 bits per heavy atom. The summed E-state index contributed by atoms with van der Waals surface area (Å²) in [7, 11) is 3.47. The van der Waals surface area contributed by atoms with Crippen molar-refractivity contribution in [3.8, 4) is 33.9 Å². The number of hydrogen-bond acceptors (Lipinski definition) is 15. The summed E-state index contributed by atoms with van der Waals surface area (Å²) in [4.78, 5) is 55.1. The Kier molecular flexibility index (Phi) is 15.6. The molecule has 0 radical (unpaired) electrons. The van der Waals surface area contributed by atoms with Gasteiger partial charge < -0.3 is 36.5 Å². The van der Waals surface area contributed by atoms with E-state index in [1.165, 1.54) is 18.5 Å². The number of carbonyl (C=O) groups is 2. The number of aromatic nitrogens is 8. The Morgan fingerprint density at radius 2 is 1.09 bits per heavy atom. The van der Waals surface area contributed by atoms with E-state index in [9.17, 15) is 19.7 Å². The molecule has 6 N–H and O–H groups in total. The molecule has 6 aromatic rings. The van der Waals surface area contributed by atoms with Crippen LogP contribution in [0.25, 0.3) is 33.9 Å². The van der Waals surface area contributed by atoms with Gasteiger partial charge in [-0.05, 0) is 102 Å². The first-order valence-corrected chi connectivity index (χ1v) is 21.3. The number of ether oxygens (including phenoxy) is 2. The summed E-state index contributed by atoms with van der Waals surface area (Å²) in [5.74, 6) is 1.81. The van der Waals surface area contributed by atoms with Crippen LogP contribution in [-0.2, 0) is 9.47 Å². The topological polar surface area (TPSA) is 267 Å². The summed E-state index contributed by atoms with van der Waals surface area (Å²) in [6.07, 6.45) is 14.3. The van der Waals surface area contributed by atoms with E-state index in [1.807, 2.05) is 78.2 Å². The Hall–Kier alpha value is -7.64. The standard InChI is InChI=1S/C23H29N7O4.C23H31N7O2/c1-15(9-11-28(5)22(31)34-23(2,3)4)16-6-7-19(26-12-16)29-14-17(13-27-29)18-8-10-25-21(24)20(18)30(32)33;1-15(9-11-29(5)22(31)32-23(2,3)4)16-6-7-19(27-12-16)30-14-17(13-28-30)18-8-10-26-21(25)20(18)24/h6-8,10,12-15H,9,11H2,1-5H3,(H2,24,25);6-8,10,12-15H,9,11,24H2,1-5H3,(H2,25,26). The molecule has 6 rings (SSSR count). The fourth-order valence-electron chi connectivity index (χ4n) is 6.43. The highest BCUT2D eigenvalue weighted by Gasteiger charge is 2.24. The Morgan fingerprint density at radius 1 is 0.667 bits per heavy atom. The molecule has 0 saturated heterocycles. The Balaban J connectivity index is 0.000000248. The molecule has 6 heterocycles. The number of amides is 2. The fourth-order valence-corrected chi connectivity index (χ4v) is 6.43. The molecule has 20 nitrogen and oxygen atoms in total. The van der Waals surface area contributed by atoms with Gasteiger partial charge in [-0.3, -0.25) is 10.1 Å². The van der Waals surface area contributed by atoms with Gasteiger partial charge in [0.25, 0.3) is 0 Å². The number of hydrogen-bond donors (Lipinski definition) is 3. The molecule has 0 aliphatic rings. The van der Waals surface area contributed by atoms with Crippen molar-refractivity contribution in [1.29, 1.82) is 0 Å². The van der Waals surface area contributed by atoms with Gasteiger partial charge in [-0.15, -0.1) is 0 Å². The second kappa shape index (κ2) is 20.9. The molecule has 0 bridgehead atoms. The number of rotatable bonds is 13.